The molecule has 2 aromatic carbocycles. The van der Waals surface area contributed by atoms with Gasteiger partial charge in [0.25, 0.3) is 5.88 Å². The van der Waals surface area contributed by atoms with E-state index in [0.717, 1.165) is 16.9 Å². The summed E-state index contributed by atoms with van der Waals surface area (Å²) in [5.74, 6) is 2.36. The van der Waals surface area contributed by atoms with Crippen LogP contribution in [0, 0.1) is 5.92 Å². The Morgan fingerprint density at radius 2 is 1.68 bits per heavy atom. The molecule has 0 aliphatic carbocycles. The van der Waals surface area contributed by atoms with Crippen molar-refractivity contribution in [2.75, 3.05) is 44.6 Å². The van der Waals surface area contributed by atoms with Crippen LogP contribution < -0.4 is 24.4 Å². The zero-order chi connectivity index (χ0) is 21.8. The van der Waals surface area contributed by atoms with Crippen LogP contribution in [0.2, 0.25) is 0 Å². The summed E-state index contributed by atoms with van der Waals surface area (Å²) >= 11 is 0. The fourth-order valence-corrected chi connectivity index (χ4v) is 3.81. The number of carbonyl (C=O) groups is 1. The topological polar surface area (TPSA) is 85.8 Å². The van der Waals surface area contributed by atoms with Crippen LogP contribution in [0.15, 0.2) is 42.5 Å². The molecule has 1 fully saturated rings. The summed E-state index contributed by atoms with van der Waals surface area (Å²) in [5, 5.41) is 2.99. The van der Waals surface area contributed by atoms with E-state index in [2.05, 4.69) is 15.2 Å². The molecule has 1 amide bonds. The molecule has 1 aliphatic rings. The van der Waals surface area contributed by atoms with Gasteiger partial charge in [0.2, 0.25) is 5.91 Å². The summed E-state index contributed by atoms with van der Waals surface area (Å²) in [7, 11) is 4.77. The van der Waals surface area contributed by atoms with E-state index in [4.69, 9.17) is 19.2 Å². The van der Waals surface area contributed by atoms with E-state index in [9.17, 15) is 4.79 Å². The highest BCUT2D eigenvalue weighted by Gasteiger charge is 2.28. The number of nitrogens with zero attached hydrogens (tertiary/aromatic N) is 3. The van der Waals surface area contributed by atoms with Gasteiger partial charge in [-0.05, 0) is 37.1 Å². The molecule has 0 radical (unpaired) electrons. The largest absolute Gasteiger partial charge is 0.497 e. The van der Waals surface area contributed by atoms with Crippen molar-refractivity contribution in [3.05, 3.63) is 42.5 Å². The monoisotopic (exact) mass is 422 g/mol. The maximum atomic E-state index is 12.9. The number of anilines is 2. The van der Waals surface area contributed by atoms with Gasteiger partial charge < -0.3 is 24.4 Å². The number of carbonyl (C=O) groups excluding carboxylic acids is 1. The molecule has 31 heavy (non-hydrogen) atoms. The second-order valence-corrected chi connectivity index (χ2v) is 7.36. The molecular formula is C23H26N4O4. The lowest BCUT2D eigenvalue weighted by Gasteiger charge is -2.32. The van der Waals surface area contributed by atoms with E-state index in [-0.39, 0.29) is 11.8 Å². The maximum Gasteiger partial charge on any atom is 0.257 e. The van der Waals surface area contributed by atoms with Crippen molar-refractivity contribution < 1.29 is 19.0 Å². The number of methoxy groups -OCH3 is 3. The fraction of sp³-hybridized carbons (Fsp3) is 0.348. The number of hydrogen-bond donors (Lipinski definition) is 1. The highest BCUT2D eigenvalue weighted by atomic mass is 16.5. The van der Waals surface area contributed by atoms with Crippen LogP contribution in [0.4, 0.5) is 11.5 Å². The van der Waals surface area contributed by atoms with Crippen LogP contribution in [-0.4, -0.2) is 50.3 Å². The Morgan fingerprint density at radius 3 is 2.32 bits per heavy atom. The molecule has 0 saturated carbocycles. The molecular weight excluding hydrogens is 396 g/mol. The molecule has 0 unspecified atom stereocenters. The molecule has 1 N–H and O–H groups in total. The standard InChI is InChI=1S/C23H26N4O4/c1-29-16-8-9-19(20(14-16)30-2)25-22(28)15-10-12-27(13-11-15)21-23(31-3)26-18-7-5-4-6-17(18)24-21/h4-9,14-15H,10-13H2,1-3H3,(H,25,28). The first-order valence-corrected chi connectivity index (χ1v) is 10.2. The van der Waals surface area contributed by atoms with Crippen LogP contribution in [0.3, 0.4) is 0 Å². The molecule has 1 saturated heterocycles. The van der Waals surface area contributed by atoms with Crippen molar-refractivity contribution in [1.82, 2.24) is 9.97 Å². The first-order valence-electron chi connectivity index (χ1n) is 10.2. The number of rotatable bonds is 6. The Hall–Kier alpha value is -3.55. The lowest BCUT2D eigenvalue weighted by molar-refractivity contribution is -0.120. The van der Waals surface area contributed by atoms with Crippen molar-refractivity contribution in [2.45, 2.75) is 12.8 Å². The number of nitrogens with one attached hydrogen (secondary N) is 1. The summed E-state index contributed by atoms with van der Waals surface area (Å²) in [6.45, 7) is 1.39. The summed E-state index contributed by atoms with van der Waals surface area (Å²) in [6, 6.07) is 13.1. The third-order valence-corrected chi connectivity index (χ3v) is 5.55. The van der Waals surface area contributed by atoms with Gasteiger partial charge in [0, 0.05) is 25.1 Å². The molecule has 162 valence electrons. The number of piperidine rings is 1. The average molecular weight is 422 g/mol. The Labute approximate surface area is 181 Å². The van der Waals surface area contributed by atoms with Gasteiger partial charge in [-0.15, -0.1) is 0 Å². The van der Waals surface area contributed by atoms with Gasteiger partial charge in [0.1, 0.15) is 11.5 Å². The summed E-state index contributed by atoms with van der Waals surface area (Å²) < 4.78 is 16.1. The van der Waals surface area contributed by atoms with Crippen LogP contribution in [0.25, 0.3) is 11.0 Å². The van der Waals surface area contributed by atoms with Crippen molar-refractivity contribution in [1.29, 1.82) is 0 Å². The zero-order valence-corrected chi connectivity index (χ0v) is 17.9. The molecule has 4 rings (SSSR count). The van der Waals surface area contributed by atoms with E-state index >= 15 is 0 Å². The number of aromatic nitrogens is 2. The minimum absolute atomic E-state index is 0.0142. The minimum Gasteiger partial charge on any atom is -0.497 e. The van der Waals surface area contributed by atoms with Gasteiger partial charge in [0.15, 0.2) is 5.82 Å². The van der Waals surface area contributed by atoms with Gasteiger partial charge in [-0.25, -0.2) is 9.97 Å². The lowest BCUT2D eigenvalue weighted by Crippen LogP contribution is -2.38. The first kappa shape index (κ1) is 20.7. The molecule has 8 nitrogen and oxygen atoms in total. The fourth-order valence-electron chi connectivity index (χ4n) is 3.81. The number of fused-ring (bicyclic) bond motifs is 1. The third-order valence-electron chi connectivity index (χ3n) is 5.55. The number of para-hydroxylation sites is 2. The minimum atomic E-state index is -0.0949. The molecule has 2 heterocycles. The SMILES string of the molecule is COc1ccc(NC(=O)C2CCN(c3nc4ccccc4nc3OC)CC2)c(OC)c1. The Morgan fingerprint density at radius 1 is 0.968 bits per heavy atom. The second kappa shape index (κ2) is 9.07. The van der Waals surface area contributed by atoms with Crippen molar-refractivity contribution >= 4 is 28.4 Å². The molecule has 3 aromatic rings. The second-order valence-electron chi connectivity index (χ2n) is 7.36. The highest BCUT2D eigenvalue weighted by Crippen LogP contribution is 2.32. The summed E-state index contributed by atoms with van der Waals surface area (Å²) in [5.41, 5.74) is 2.26. The van der Waals surface area contributed by atoms with Gasteiger partial charge in [-0.2, -0.15) is 0 Å². The molecule has 1 aliphatic heterocycles. The Kier molecular flexibility index (Phi) is 6.06. The highest BCUT2D eigenvalue weighted by molar-refractivity contribution is 5.94. The number of amides is 1. The van der Waals surface area contributed by atoms with Crippen molar-refractivity contribution in [2.24, 2.45) is 5.92 Å². The van der Waals surface area contributed by atoms with E-state index in [1.807, 2.05) is 24.3 Å². The molecule has 0 atom stereocenters. The van der Waals surface area contributed by atoms with E-state index < -0.39 is 0 Å². The molecule has 1 aromatic heterocycles. The maximum absolute atomic E-state index is 12.9. The number of ether oxygens (including phenoxy) is 3. The molecule has 8 heteroatoms. The van der Waals surface area contributed by atoms with E-state index in [0.29, 0.717) is 49.0 Å². The quantitative estimate of drug-likeness (QED) is 0.651. The normalized spacial score (nSPS) is 14.4. The third kappa shape index (κ3) is 4.33. The van der Waals surface area contributed by atoms with Crippen molar-refractivity contribution in [3.8, 4) is 17.4 Å². The number of hydrogen-bond acceptors (Lipinski definition) is 7. The molecule has 0 bridgehead atoms. The molecule has 0 spiro atoms. The van der Waals surface area contributed by atoms with Crippen LogP contribution in [-0.2, 0) is 4.79 Å². The van der Waals surface area contributed by atoms with Crippen LogP contribution in [0.1, 0.15) is 12.8 Å². The van der Waals surface area contributed by atoms with Crippen molar-refractivity contribution in [3.63, 3.8) is 0 Å². The van der Waals surface area contributed by atoms with E-state index in [1.165, 1.54) is 0 Å². The average Bonchev–Trinajstić information content (AvgIpc) is 2.83. The van der Waals surface area contributed by atoms with Gasteiger partial charge in [0.05, 0.1) is 38.1 Å². The lowest BCUT2D eigenvalue weighted by atomic mass is 9.95. The predicted octanol–water partition coefficient (Wildman–Crippen LogP) is 3.51. The predicted molar refractivity (Wildman–Crippen MR) is 119 cm³/mol. The summed E-state index contributed by atoms with van der Waals surface area (Å²) in [4.78, 5) is 24.3. The zero-order valence-electron chi connectivity index (χ0n) is 17.9. The van der Waals surface area contributed by atoms with Crippen LogP contribution >= 0.6 is 0 Å². The van der Waals surface area contributed by atoms with Crippen LogP contribution in [0.5, 0.6) is 17.4 Å². The first-order chi connectivity index (χ1) is 15.1. The van der Waals surface area contributed by atoms with Gasteiger partial charge in [-0.1, -0.05) is 12.1 Å². The van der Waals surface area contributed by atoms with E-state index in [1.54, 1.807) is 39.5 Å². The smallest absolute Gasteiger partial charge is 0.257 e. The van der Waals surface area contributed by atoms with Gasteiger partial charge >= 0.3 is 0 Å². The Bertz CT molecular complexity index is 1080. The number of benzene rings is 2. The summed E-state index contributed by atoms with van der Waals surface area (Å²) in [6.07, 6.45) is 1.42. The Balaban J connectivity index is 1.44. The van der Waals surface area contributed by atoms with Gasteiger partial charge in [-0.3, -0.25) is 4.79 Å².